The zero-order valence-electron chi connectivity index (χ0n) is 9.87. The van der Waals surface area contributed by atoms with E-state index in [0.717, 1.165) is 19.7 Å². The van der Waals surface area contributed by atoms with Crippen LogP contribution in [0.25, 0.3) is 0 Å². The van der Waals surface area contributed by atoms with Gasteiger partial charge in [0.2, 0.25) is 0 Å². The van der Waals surface area contributed by atoms with E-state index in [2.05, 4.69) is 11.8 Å². The van der Waals surface area contributed by atoms with Crippen molar-refractivity contribution in [2.75, 3.05) is 26.2 Å². The molecule has 2 rings (SSSR count). The van der Waals surface area contributed by atoms with Gasteiger partial charge < -0.3 is 10.5 Å². The molecule has 0 aliphatic carbocycles. The largest absolute Gasteiger partial charge is 0.378 e. The van der Waals surface area contributed by atoms with Crippen molar-refractivity contribution in [3.63, 3.8) is 0 Å². The van der Waals surface area contributed by atoms with Gasteiger partial charge in [-0.1, -0.05) is 13.3 Å². The number of ether oxygens (including phenoxy) is 1. The third-order valence-corrected chi connectivity index (χ3v) is 3.62. The number of hydrogen-bond acceptors (Lipinski definition) is 3. The second-order valence-electron chi connectivity index (χ2n) is 5.25. The highest BCUT2D eigenvalue weighted by atomic mass is 16.5. The number of likely N-dealkylation sites (tertiary alicyclic amines) is 1. The van der Waals surface area contributed by atoms with Gasteiger partial charge in [0.15, 0.2) is 0 Å². The van der Waals surface area contributed by atoms with Crippen LogP contribution in [-0.4, -0.2) is 42.8 Å². The molecule has 3 heteroatoms. The summed E-state index contributed by atoms with van der Waals surface area (Å²) in [5.74, 6) is 0. The molecule has 2 saturated heterocycles. The highest BCUT2D eigenvalue weighted by molar-refractivity contribution is 4.99. The van der Waals surface area contributed by atoms with Crippen molar-refractivity contribution in [2.24, 2.45) is 5.73 Å². The van der Waals surface area contributed by atoms with Gasteiger partial charge in [0, 0.05) is 31.8 Å². The first-order chi connectivity index (χ1) is 7.22. The molecule has 0 aromatic carbocycles. The van der Waals surface area contributed by atoms with Crippen molar-refractivity contribution in [3.05, 3.63) is 0 Å². The maximum Gasteiger partial charge on any atom is 0.0588 e. The van der Waals surface area contributed by atoms with E-state index in [4.69, 9.17) is 10.5 Å². The molecule has 15 heavy (non-hydrogen) atoms. The summed E-state index contributed by atoms with van der Waals surface area (Å²) in [5.41, 5.74) is 6.34. The second-order valence-corrected chi connectivity index (χ2v) is 5.25. The molecular weight excluding hydrogens is 188 g/mol. The van der Waals surface area contributed by atoms with Crippen LogP contribution in [0, 0.1) is 0 Å². The summed E-state index contributed by atoms with van der Waals surface area (Å²) < 4.78 is 5.61. The minimum absolute atomic E-state index is 0.130. The van der Waals surface area contributed by atoms with E-state index < -0.39 is 0 Å². The number of nitrogens with zero attached hydrogens (tertiary/aromatic N) is 1. The highest BCUT2D eigenvalue weighted by Gasteiger charge is 2.38. The SMILES string of the molecule is CCCC1(N)CN(CCC2CCCO2)C1. The van der Waals surface area contributed by atoms with Crippen molar-refractivity contribution >= 4 is 0 Å². The van der Waals surface area contributed by atoms with Crippen LogP contribution >= 0.6 is 0 Å². The molecule has 88 valence electrons. The van der Waals surface area contributed by atoms with Crippen LogP contribution < -0.4 is 5.73 Å². The molecule has 0 saturated carbocycles. The second kappa shape index (κ2) is 4.81. The summed E-state index contributed by atoms with van der Waals surface area (Å²) >= 11 is 0. The quantitative estimate of drug-likeness (QED) is 0.748. The Balaban J connectivity index is 1.59. The van der Waals surface area contributed by atoms with E-state index >= 15 is 0 Å². The Kier molecular flexibility index (Phi) is 3.65. The molecule has 0 aromatic rings. The Bertz CT molecular complexity index is 196. The topological polar surface area (TPSA) is 38.5 Å². The van der Waals surface area contributed by atoms with E-state index in [1.807, 2.05) is 0 Å². The molecule has 2 N–H and O–H groups in total. The van der Waals surface area contributed by atoms with Gasteiger partial charge in [0.25, 0.3) is 0 Å². The van der Waals surface area contributed by atoms with Crippen molar-refractivity contribution in [1.29, 1.82) is 0 Å². The Hall–Kier alpha value is -0.120. The van der Waals surface area contributed by atoms with Crippen molar-refractivity contribution in [2.45, 2.75) is 50.7 Å². The molecule has 1 unspecified atom stereocenters. The van der Waals surface area contributed by atoms with Crippen LogP contribution in [0.15, 0.2) is 0 Å². The fourth-order valence-electron chi connectivity index (χ4n) is 2.86. The molecule has 2 heterocycles. The van der Waals surface area contributed by atoms with Crippen LogP contribution in [0.4, 0.5) is 0 Å². The van der Waals surface area contributed by atoms with E-state index in [1.54, 1.807) is 0 Å². The maximum atomic E-state index is 6.21. The number of rotatable bonds is 5. The van der Waals surface area contributed by atoms with Gasteiger partial charge in [0.05, 0.1) is 6.10 Å². The molecule has 0 aromatic heterocycles. The fourth-order valence-corrected chi connectivity index (χ4v) is 2.86. The lowest BCUT2D eigenvalue weighted by Crippen LogP contribution is -2.67. The first kappa shape index (κ1) is 11.4. The Morgan fingerprint density at radius 1 is 1.47 bits per heavy atom. The summed E-state index contributed by atoms with van der Waals surface area (Å²) in [6.07, 6.45) is 6.61. The molecule has 0 amide bonds. The number of hydrogen-bond donors (Lipinski definition) is 1. The fraction of sp³-hybridized carbons (Fsp3) is 1.00. The van der Waals surface area contributed by atoms with Crippen LogP contribution in [-0.2, 0) is 4.74 Å². The lowest BCUT2D eigenvalue weighted by molar-refractivity contribution is 0.0378. The smallest absolute Gasteiger partial charge is 0.0588 e. The maximum absolute atomic E-state index is 6.21. The first-order valence-electron chi connectivity index (χ1n) is 6.35. The first-order valence-corrected chi connectivity index (χ1v) is 6.35. The van der Waals surface area contributed by atoms with Crippen LogP contribution in [0.1, 0.15) is 39.0 Å². The minimum Gasteiger partial charge on any atom is -0.378 e. The molecule has 2 aliphatic heterocycles. The van der Waals surface area contributed by atoms with Crippen molar-refractivity contribution in [3.8, 4) is 0 Å². The van der Waals surface area contributed by atoms with Gasteiger partial charge in [-0.15, -0.1) is 0 Å². The Morgan fingerprint density at radius 2 is 2.27 bits per heavy atom. The highest BCUT2D eigenvalue weighted by Crippen LogP contribution is 2.24. The van der Waals surface area contributed by atoms with E-state index in [-0.39, 0.29) is 5.54 Å². The van der Waals surface area contributed by atoms with Gasteiger partial charge >= 0.3 is 0 Å². The van der Waals surface area contributed by atoms with Crippen molar-refractivity contribution < 1.29 is 4.74 Å². The summed E-state index contributed by atoms with van der Waals surface area (Å²) in [5, 5.41) is 0. The van der Waals surface area contributed by atoms with Gasteiger partial charge in [-0.3, -0.25) is 4.90 Å². The molecular formula is C12H24N2O. The molecule has 2 aliphatic rings. The number of nitrogens with two attached hydrogens (primary N) is 1. The zero-order chi connectivity index (χ0) is 10.7. The van der Waals surface area contributed by atoms with E-state index in [0.29, 0.717) is 6.10 Å². The molecule has 1 atom stereocenters. The Morgan fingerprint density at radius 3 is 2.87 bits per heavy atom. The molecule has 0 bridgehead atoms. The van der Waals surface area contributed by atoms with E-state index in [1.165, 1.54) is 38.6 Å². The zero-order valence-corrected chi connectivity index (χ0v) is 9.87. The average molecular weight is 212 g/mol. The standard InChI is InChI=1S/C12H24N2O/c1-2-6-12(13)9-14(10-12)7-5-11-4-3-8-15-11/h11H,2-10,13H2,1H3. The lowest BCUT2D eigenvalue weighted by Gasteiger charge is -2.48. The molecule has 2 fully saturated rings. The third-order valence-electron chi connectivity index (χ3n) is 3.62. The summed E-state index contributed by atoms with van der Waals surface area (Å²) in [6.45, 7) is 6.54. The average Bonchev–Trinajstić information content (AvgIpc) is 2.64. The van der Waals surface area contributed by atoms with Gasteiger partial charge in [0.1, 0.15) is 0 Å². The Labute approximate surface area is 93.0 Å². The van der Waals surface area contributed by atoms with Crippen molar-refractivity contribution in [1.82, 2.24) is 4.90 Å². The third kappa shape index (κ3) is 2.92. The van der Waals surface area contributed by atoms with Gasteiger partial charge in [-0.2, -0.15) is 0 Å². The summed E-state index contributed by atoms with van der Waals surface area (Å²) in [6, 6.07) is 0. The predicted octanol–water partition coefficient (Wildman–Crippen LogP) is 1.37. The van der Waals surface area contributed by atoms with Gasteiger partial charge in [-0.25, -0.2) is 0 Å². The minimum atomic E-state index is 0.130. The molecule has 0 radical (unpaired) electrons. The van der Waals surface area contributed by atoms with Crippen LogP contribution in [0.3, 0.4) is 0 Å². The lowest BCUT2D eigenvalue weighted by atomic mass is 9.86. The monoisotopic (exact) mass is 212 g/mol. The van der Waals surface area contributed by atoms with Crippen LogP contribution in [0.2, 0.25) is 0 Å². The van der Waals surface area contributed by atoms with E-state index in [9.17, 15) is 0 Å². The normalized spacial score (nSPS) is 30.4. The molecule has 0 spiro atoms. The summed E-state index contributed by atoms with van der Waals surface area (Å²) in [4.78, 5) is 2.47. The molecule has 3 nitrogen and oxygen atoms in total. The predicted molar refractivity (Wildman–Crippen MR) is 61.9 cm³/mol. The summed E-state index contributed by atoms with van der Waals surface area (Å²) in [7, 11) is 0. The van der Waals surface area contributed by atoms with Crippen LogP contribution in [0.5, 0.6) is 0 Å². The van der Waals surface area contributed by atoms with Gasteiger partial charge in [-0.05, 0) is 25.7 Å².